The lowest BCUT2D eigenvalue weighted by molar-refractivity contribution is -0.122. The Kier molecular flexibility index (Phi) is 4.02. The molecule has 0 saturated heterocycles. The fraction of sp³-hybridized carbons (Fsp3) is 0.500. The van der Waals surface area contributed by atoms with Gasteiger partial charge in [0.25, 0.3) is 0 Å². The number of carbonyl (C=O) groups excluding carboxylic acids is 1. The molecule has 1 N–H and O–H groups in total. The fourth-order valence-electron chi connectivity index (χ4n) is 2.64. The largest absolute Gasteiger partial charge is 0.488 e. The molecule has 7 nitrogen and oxygen atoms in total. The maximum atomic E-state index is 12.1. The molecule has 0 spiro atoms. The molecule has 1 aromatic carbocycles. The van der Waals surface area contributed by atoms with Gasteiger partial charge in [-0.3, -0.25) is 4.79 Å². The highest BCUT2D eigenvalue weighted by Gasteiger charge is 2.25. The third-order valence-corrected chi connectivity index (χ3v) is 3.74. The van der Waals surface area contributed by atoms with Crippen molar-refractivity contribution in [2.75, 3.05) is 6.54 Å². The minimum atomic E-state index is -0.208. The van der Waals surface area contributed by atoms with Crippen molar-refractivity contribution >= 4 is 5.91 Å². The van der Waals surface area contributed by atoms with Gasteiger partial charge in [-0.2, -0.15) is 0 Å². The van der Waals surface area contributed by atoms with E-state index in [1.54, 1.807) is 4.68 Å². The molecule has 7 heteroatoms. The van der Waals surface area contributed by atoms with Crippen LogP contribution in [0.4, 0.5) is 0 Å². The van der Waals surface area contributed by atoms with Crippen LogP contribution in [-0.4, -0.2) is 38.8 Å². The molecule has 23 heavy (non-hydrogen) atoms. The monoisotopic (exact) mass is 315 g/mol. The molecular weight excluding hydrogens is 294 g/mol. The first-order valence-electron chi connectivity index (χ1n) is 7.71. The summed E-state index contributed by atoms with van der Waals surface area (Å²) in [6.07, 6.45) is 0.793. The molecule has 0 bridgehead atoms. The zero-order chi connectivity index (χ0) is 16.4. The number of aromatic nitrogens is 4. The summed E-state index contributed by atoms with van der Waals surface area (Å²) in [5.41, 5.74) is 0.974. The predicted octanol–water partition coefficient (Wildman–Crippen LogP) is 1.09. The topological polar surface area (TPSA) is 81.9 Å². The predicted molar refractivity (Wildman–Crippen MR) is 84.1 cm³/mol. The van der Waals surface area contributed by atoms with Gasteiger partial charge in [0.05, 0.1) is 6.54 Å². The number of carbonyl (C=O) groups is 1. The normalized spacial score (nSPS) is 16.7. The van der Waals surface area contributed by atoms with Crippen molar-refractivity contribution in [3.63, 3.8) is 0 Å². The zero-order valence-corrected chi connectivity index (χ0v) is 13.6. The maximum absolute atomic E-state index is 12.1. The first kappa shape index (κ1) is 15.5. The van der Waals surface area contributed by atoms with E-state index in [0.29, 0.717) is 12.4 Å². The Morgan fingerprint density at radius 1 is 1.39 bits per heavy atom. The molecule has 2 heterocycles. The van der Waals surface area contributed by atoms with Crippen LogP contribution in [0.25, 0.3) is 0 Å². The maximum Gasteiger partial charge on any atom is 0.242 e. The average molecular weight is 315 g/mol. The van der Waals surface area contributed by atoms with Gasteiger partial charge in [-0.15, -0.1) is 5.10 Å². The standard InChI is InChI=1S/C16H21N5O2/c1-16(2,3)15-18-19-20-21(15)10-14(22)17-9-12-8-11-6-4-5-7-13(11)23-12/h4-7,12H,8-10H2,1-3H3,(H,17,22). The summed E-state index contributed by atoms with van der Waals surface area (Å²) in [7, 11) is 0. The Bertz CT molecular complexity index is 679. The molecule has 0 saturated carbocycles. The molecule has 1 aliphatic rings. The van der Waals surface area contributed by atoms with Crippen molar-refractivity contribution in [3.8, 4) is 5.75 Å². The van der Waals surface area contributed by atoms with Crippen LogP contribution in [0.15, 0.2) is 24.3 Å². The van der Waals surface area contributed by atoms with Crippen LogP contribution >= 0.6 is 0 Å². The second kappa shape index (κ2) is 5.98. The lowest BCUT2D eigenvalue weighted by atomic mass is 9.96. The van der Waals surface area contributed by atoms with Gasteiger partial charge in [0.2, 0.25) is 5.91 Å². The summed E-state index contributed by atoms with van der Waals surface area (Å²) < 4.78 is 7.35. The minimum Gasteiger partial charge on any atom is -0.488 e. The van der Waals surface area contributed by atoms with Gasteiger partial charge >= 0.3 is 0 Å². The van der Waals surface area contributed by atoms with Crippen LogP contribution in [0.5, 0.6) is 5.75 Å². The van der Waals surface area contributed by atoms with Crippen molar-refractivity contribution in [3.05, 3.63) is 35.7 Å². The molecule has 1 atom stereocenters. The molecule has 122 valence electrons. The number of ether oxygens (including phenoxy) is 1. The second-order valence-corrected chi connectivity index (χ2v) is 6.77. The average Bonchev–Trinajstić information content (AvgIpc) is 3.10. The van der Waals surface area contributed by atoms with Crippen molar-refractivity contribution in [1.82, 2.24) is 25.5 Å². The highest BCUT2D eigenvalue weighted by Crippen LogP contribution is 2.27. The van der Waals surface area contributed by atoms with E-state index in [1.807, 2.05) is 45.0 Å². The molecule has 1 aromatic heterocycles. The molecular formula is C16H21N5O2. The second-order valence-electron chi connectivity index (χ2n) is 6.77. The number of amides is 1. The third kappa shape index (κ3) is 3.49. The number of fused-ring (bicyclic) bond motifs is 1. The number of nitrogens with one attached hydrogen (secondary N) is 1. The van der Waals surface area contributed by atoms with E-state index in [1.165, 1.54) is 5.56 Å². The highest BCUT2D eigenvalue weighted by atomic mass is 16.5. The van der Waals surface area contributed by atoms with Crippen LogP contribution in [-0.2, 0) is 23.2 Å². The van der Waals surface area contributed by atoms with E-state index in [9.17, 15) is 4.79 Å². The first-order chi connectivity index (χ1) is 10.9. The van der Waals surface area contributed by atoms with Crippen LogP contribution in [0.1, 0.15) is 32.2 Å². The van der Waals surface area contributed by atoms with Crippen LogP contribution in [0.2, 0.25) is 0 Å². The number of para-hydroxylation sites is 1. The van der Waals surface area contributed by atoms with E-state index in [0.717, 1.165) is 12.2 Å². The van der Waals surface area contributed by atoms with Crippen LogP contribution in [0, 0.1) is 0 Å². The van der Waals surface area contributed by atoms with Gasteiger partial charge in [0.1, 0.15) is 18.4 Å². The Morgan fingerprint density at radius 2 is 2.17 bits per heavy atom. The first-order valence-corrected chi connectivity index (χ1v) is 7.71. The van der Waals surface area contributed by atoms with E-state index in [-0.39, 0.29) is 24.0 Å². The fourth-order valence-corrected chi connectivity index (χ4v) is 2.64. The molecule has 1 amide bonds. The molecule has 3 rings (SSSR count). The number of hydrogen-bond acceptors (Lipinski definition) is 5. The Balaban J connectivity index is 1.53. The van der Waals surface area contributed by atoms with E-state index < -0.39 is 0 Å². The molecule has 0 aliphatic carbocycles. The summed E-state index contributed by atoms with van der Waals surface area (Å²) in [4.78, 5) is 12.1. The van der Waals surface area contributed by atoms with Gasteiger partial charge < -0.3 is 10.1 Å². The third-order valence-electron chi connectivity index (χ3n) is 3.74. The number of nitrogens with zero attached hydrogens (tertiary/aromatic N) is 4. The number of hydrogen-bond donors (Lipinski definition) is 1. The summed E-state index contributed by atoms with van der Waals surface area (Å²) in [6.45, 7) is 6.61. The Labute approximate surface area is 135 Å². The molecule has 2 aromatic rings. The minimum absolute atomic E-state index is 0.0210. The van der Waals surface area contributed by atoms with E-state index in [4.69, 9.17) is 4.74 Å². The summed E-state index contributed by atoms with van der Waals surface area (Å²) >= 11 is 0. The molecule has 1 aliphatic heterocycles. The lowest BCUT2D eigenvalue weighted by Gasteiger charge is -2.17. The number of tetrazole rings is 1. The van der Waals surface area contributed by atoms with E-state index >= 15 is 0 Å². The van der Waals surface area contributed by atoms with Gasteiger partial charge in [-0.25, -0.2) is 4.68 Å². The van der Waals surface area contributed by atoms with Crippen molar-refractivity contribution < 1.29 is 9.53 Å². The molecule has 1 unspecified atom stereocenters. The van der Waals surface area contributed by atoms with Crippen LogP contribution < -0.4 is 10.1 Å². The van der Waals surface area contributed by atoms with Gasteiger partial charge in [-0.05, 0) is 22.1 Å². The number of benzene rings is 1. The van der Waals surface area contributed by atoms with Crippen molar-refractivity contribution in [2.45, 2.75) is 45.3 Å². The smallest absolute Gasteiger partial charge is 0.242 e. The summed E-state index contributed by atoms with van der Waals surface area (Å²) in [6, 6.07) is 7.95. The van der Waals surface area contributed by atoms with Crippen molar-refractivity contribution in [1.29, 1.82) is 0 Å². The van der Waals surface area contributed by atoms with Gasteiger partial charge in [0, 0.05) is 11.8 Å². The highest BCUT2D eigenvalue weighted by molar-refractivity contribution is 5.75. The molecule has 0 fully saturated rings. The van der Waals surface area contributed by atoms with Gasteiger partial charge in [0.15, 0.2) is 5.82 Å². The van der Waals surface area contributed by atoms with Crippen molar-refractivity contribution in [2.24, 2.45) is 0 Å². The zero-order valence-electron chi connectivity index (χ0n) is 13.6. The SMILES string of the molecule is CC(C)(C)c1nnnn1CC(=O)NCC1Cc2ccccc2O1. The Hall–Kier alpha value is -2.44. The molecule has 0 radical (unpaired) electrons. The number of rotatable bonds is 4. The quantitative estimate of drug-likeness (QED) is 0.913. The van der Waals surface area contributed by atoms with Crippen LogP contribution in [0.3, 0.4) is 0 Å². The Morgan fingerprint density at radius 3 is 2.91 bits per heavy atom. The van der Waals surface area contributed by atoms with Gasteiger partial charge in [-0.1, -0.05) is 39.0 Å². The van der Waals surface area contributed by atoms with E-state index in [2.05, 4.69) is 20.8 Å². The summed E-state index contributed by atoms with van der Waals surface area (Å²) in [5, 5.41) is 14.5. The summed E-state index contributed by atoms with van der Waals surface area (Å²) in [5.74, 6) is 1.47. The lowest BCUT2D eigenvalue weighted by Crippen LogP contribution is -2.37.